The van der Waals surface area contributed by atoms with Crippen LogP contribution in [0.5, 0.6) is 0 Å². The third-order valence-corrected chi connectivity index (χ3v) is 1.60. The van der Waals surface area contributed by atoms with E-state index >= 15 is 0 Å². The largest absolute Gasteiger partial charge is 0.458 e. The Bertz CT molecular complexity index is 226. The van der Waals surface area contributed by atoms with Crippen LogP contribution in [0, 0.1) is 0 Å². The predicted molar refractivity (Wildman–Crippen MR) is 59.0 cm³/mol. The number of carbonyl (C=O) groups is 1. The van der Waals surface area contributed by atoms with Gasteiger partial charge in [-0.05, 0) is 26.2 Å². The molecule has 0 bridgehead atoms. The van der Waals surface area contributed by atoms with E-state index in [1.807, 2.05) is 18.2 Å². The summed E-state index contributed by atoms with van der Waals surface area (Å²) in [4.78, 5) is 10.9. The maximum absolute atomic E-state index is 10.9. The zero-order valence-electron chi connectivity index (χ0n) is 8.79. The molecule has 0 fully saturated rings. The monoisotopic (exact) mass is 194 g/mol. The number of carbonyl (C=O) groups excluding carboxylic acids is 1. The highest BCUT2D eigenvalue weighted by Gasteiger charge is 1.99. The van der Waals surface area contributed by atoms with E-state index in [-0.39, 0.29) is 5.97 Å². The summed E-state index contributed by atoms with van der Waals surface area (Å²) in [6.45, 7) is 9.09. The van der Waals surface area contributed by atoms with Crippen LogP contribution in [0.3, 0.4) is 0 Å². The van der Waals surface area contributed by atoms with E-state index in [0.717, 1.165) is 19.3 Å². The third kappa shape index (κ3) is 7.35. The second-order valence-corrected chi connectivity index (χ2v) is 3.07. The fourth-order valence-electron chi connectivity index (χ4n) is 0.813. The molecule has 0 aliphatic rings. The van der Waals surface area contributed by atoms with Crippen molar-refractivity contribution in [2.75, 3.05) is 6.61 Å². The maximum Gasteiger partial charge on any atom is 0.333 e. The lowest BCUT2D eigenvalue weighted by Gasteiger charge is -1.99. The first-order valence-corrected chi connectivity index (χ1v) is 4.77. The molecule has 0 aromatic carbocycles. The zero-order valence-corrected chi connectivity index (χ0v) is 8.79. The van der Waals surface area contributed by atoms with Gasteiger partial charge in [0.15, 0.2) is 0 Å². The van der Waals surface area contributed by atoms with Gasteiger partial charge in [0.25, 0.3) is 0 Å². The summed E-state index contributed by atoms with van der Waals surface area (Å²) in [6.07, 6.45) is 8.87. The molecule has 0 saturated heterocycles. The minimum atomic E-state index is -0.333. The molecule has 78 valence electrons. The van der Waals surface area contributed by atoms with Crippen molar-refractivity contribution < 1.29 is 9.53 Å². The number of hydrogen-bond acceptors (Lipinski definition) is 2. The van der Waals surface area contributed by atoms with Gasteiger partial charge in [-0.25, -0.2) is 4.79 Å². The van der Waals surface area contributed by atoms with Crippen LogP contribution < -0.4 is 0 Å². The van der Waals surface area contributed by atoms with Gasteiger partial charge >= 0.3 is 5.97 Å². The van der Waals surface area contributed by atoms with Crippen LogP contribution >= 0.6 is 0 Å². The molecule has 0 unspecified atom stereocenters. The van der Waals surface area contributed by atoms with Crippen LogP contribution in [0.2, 0.25) is 0 Å². The number of hydrogen-bond donors (Lipinski definition) is 0. The summed E-state index contributed by atoms with van der Waals surface area (Å²) >= 11 is 0. The molecule has 2 heteroatoms. The first-order valence-electron chi connectivity index (χ1n) is 4.77. The maximum atomic E-state index is 10.9. The summed E-state index contributed by atoms with van der Waals surface area (Å²) in [5, 5.41) is 0. The van der Waals surface area contributed by atoms with Gasteiger partial charge in [0.1, 0.15) is 6.61 Å². The molecule has 14 heavy (non-hydrogen) atoms. The van der Waals surface area contributed by atoms with Crippen LogP contribution in [0.25, 0.3) is 0 Å². The van der Waals surface area contributed by atoms with Crippen LogP contribution in [0.4, 0.5) is 0 Å². The molecule has 2 nitrogen and oxygen atoms in total. The van der Waals surface area contributed by atoms with E-state index in [1.54, 1.807) is 6.92 Å². The van der Waals surface area contributed by atoms with Crippen LogP contribution in [-0.2, 0) is 9.53 Å². The Labute approximate surface area is 86.0 Å². The average Bonchev–Trinajstić information content (AvgIpc) is 2.16. The fourth-order valence-corrected chi connectivity index (χ4v) is 0.813. The van der Waals surface area contributed by atoms with Gasteiger partial charge < -0.3 is 4.74 Å². The summed E-state index contributed by atoms with van der Waals surface area (Å²) in [5.41, 5.74) is 0.435. The van der Waals surface area contributed by atoms with Crippen LogP contribution in [0.15, 0.2) is 37.0 Å². The summed E-state index contributed by atoms with van der Waals surface area (Å²) in [7, 11) is 0. The van der Waals surface area contributed by atoms with E-state index in [9.17, 15) is 4.79 Å². The zero-order chi connectivity index (χ0) is 10.8. The molecule has 0 rings (SSSR count). The first kappa shape index (κ1) is 12.7. The van der Waals surface area contributed by atoms with Crippen molar-refractivity contribution in [3.05, 3.63) is 37.0 Å². The number of esters is 1. The normalized spacial score (nSPS) is 10.1. The highest BCUT2D eigenvalue weighted by Crippen LogP contribution is 1.97. The Morgan fingerprint density at radius 1 is 1.36 bits per heavy atom. The molecule has 0 aromatic heterocycles. The minimum Gasteiger partial charge on any atom is -0.458 e. The van der Waals surface area contributed by atoms with Crippen molar-refractivity contribution in [2.24, 2.45) is 0 Å². The van der Waals surface area contributed by atoms with Crippen molar-refractivity contribution in [2.45, 2.75) is 26.2 Å². The van der Waals surface area contributed by atoms with Crippen molar-refractivity contribution in [1.29, 1.82) is 0 Å². The number of unbranched alkanes of at least 4 members (excludes halogenated alkanes) is 2. The predicted octanol–water partition coefficient (Wildman–Crippen LogP) is 3.02. The van der Waals surface area contributed by atoms with Gasteiger partial charge in [-0.3, -0.25) is 0 Å². The molecule has 0 saturated carbocycles. The van der Waals surface area contributed by atoms with Gasteiger partial charge in [-0.15, -0.1) is 6.58 Å². The van der Waals surface area contributed by atoms with Gasteiger partial charge in [0, 0.05) is 5.57 Å². The number of ether oxygens (including phenoxy) is 1. The summed E-state index contributed by atoms with van der Waals surface area (Å²) in [6, 6.07) is 0. The topological polar surface area (TPSA) is 26.3 Å². The number of allylic oxidation sites excluding steroid dienone is 2. The molecule has 0 radical (unpaired) electrons. The highest BCUT2D eigenvalue weighted by molar-refractivity contribution is 5.86. The van der Waals surface area contributed by atoms with Gasteiger partial charge in [-0.2, -0.15) is 0 Å². The van der Waals surface area contributed by atoms with E-state index in [2.05, 4.69) is 13.2 Å². The molecule has 0 aliphatic heterocycles. The van der Waals surface area contributed by atoms with Crippen molar-refractivity contribution in [3.63, 3.8) is 0 Å². The Balaban J connectivity index is 3.39. The molecule has 0 N–H and O–H groups in total. The average molecular weight is 194 g/mol. The van der Waals surface area contributed by atoms with E-state index < -0.39 is 0 Å². The molecule has 0 heterocycles. The molecule has 0 amide bonds. The highest BCUT2D eigenvalue weighted by atomic mass is 16.5. The first-order chi connectivity index (χ1) is 6.68. The van der Waals surface area contributed by atoms with E-state index in [1.165, 1.54) is 0 Å². The molecular formula is C12H18O2. The smallest absolute Gasteiger partial charge is 0.333 e. The van der Waals surface area contributed by atoms with E-state index in [4.69, 9.17) is 4.74 Å². The van der Waals surface area contributed by atoms with Crippen LogP contribution in [0.1, 0.15) is 26.2 Å². The SMILES string of the molecule is C=CCCC/C=C/COC(=O)C(=C)C. The van der Waals surface area contributed by atoms with Crippen molar-refractivity contribution >= 4 is 5.97 Å². The van der Waals surface area contributed by atoms with Gasteiger partial charge in [0.05, 0.1) is 0 Å². The Kier molecular flexibility index (Phi) is 7.52. The van der Waals surface area contributed by atoms with Crippen LogP contribution in [-0.4, -0.2) is 12.6 Å². The lowest BCUT2D eigenvalue weighted by atomic mass is 10.2. The molecular weight excluding hydrogens is 176 g/mol. The third-order valence-electron chi connectivity index (χ3n) is 1.60. The molecule has 0 aliphatic carbocycles. The van der Waals surface area contributed by atoms with E-state index in [0.29, 0.717) is 12.2 Å². The molecule has 0 aromatic rings. The van der Waals surface area contributed by atoms with Gasteiger partial charge in [0.2, 0.25) is 0 Å². The lowest BCUT2D eigenvalue weighted by molar-refractivity contribution is -0.137. The minimum absolute atomic E-state index is 0.333. The summed E-state index contributed by atoms with van der Waals surface area (Å²) < 4.78 is 4.86. The van der Waals surface area contributed by atoms with Gasteiger partial charge in [-0.1, -0.05) is 24.8 Å². The molecule has 0 spiro atoms. The Morgan fingerprint density at radius 2 is 2.07 bits per heavy atom. The Hall–Kier alpha value is -1.31. The lowest BCUT2D eigenvalue weighted by Crippen LogP contribution is -2.04. The second kappa shape index (κ2) is 8.30. The Morgan fingerprint density at radius 3 is 2.64 bits per heavy atom. The van der Waals surface area contributed by atoms with Crippen molar-refractivity contribution in [3.8, 4) is 0 Å². The second-order valence-electron chi connectivity index (χ2n) is 3.07. The summed E-state index contributed by atoms with van der Waals surface area (Å²) in [5.74, 6) is -0.333. The fraction of sp³-hybridized carbons (Fsp3) is 0.417. The number of rotatable bonds is 7. The molecule has 0 atom stereocenters. The van der Waals surface area contributed by atoms with Crippen molar-refractivity contribution in [1.82, 2.24) is 0 Å². The standard InChI is InChI=1S/C12H18O2/c1-4-5-6-7-8-9-10-14-12(13)11(2)3/h4,8-9H,1-2,5-7,10H2,3H3/b9-8+. The quantitative estimate of drug-likeness (QED) is 0.269.